The van der Waals surface area contributed by atoms with Crippen LogP contribution < -0.4 is 5.32 Å². The van der Waals surface area contributed by atoms with Gasteiger partial charge in [0.05, 0.1) is 4.92 Å². The average Bonchev–Trinajstić information content (AvgIpc) is 2.56. The molecule has 24 heavy (non-hydrogen) atoms. The Kier molecular flexibility index (Phi) is 5.09. The number of rotatable bonds is 5. The van der Waals surface area contributed by atoms with Crippen molar-refractivity contribution in [1.29, 1.82) is 5.39 Å². The van der Waals surface area contributed by atoms with Crippen molar-refractivity contribution < 1.29 is 14.8 Å². The number of hydrogen-bond donors (Lipinski definition) is 2. The molecule has 0 bridgehead atoms. The zero-order valence-corrected chi connectivity index (χ0v) is 12.8. The fraction of sp³-hybridized carbons (Fsp3) is 0. The van der Waals surface area contributed by atoms with Crippen molar-refractivity contribution in [1.82, 2.24) is 0 Å². The van der Waals surface area contributed by atoms with Gasteiger partial charge in [0.25, 0.3) is 5.69 Å². The molecule has 0 atom stereocenters. The molecule has 0 amide bonds. The van der Waals surface area contributed by atoms with Crippen molar-refractivity contribution in [3.63, 3.8) is 0 Å². The van der Waals surface area contributed by atoms with E-state index in [1.54, 1.807) is 30.3 Å². The molecular weight excluding hydrogens is 336 g/mol. The van der Waals surface area contributed by atoms with Crippen LogP contribution in [0.3, 0.4) is 0 Å². The number of halogens is 1. The number of anilines is 1. The number of carbonyl (C=O) groups is 1. The van der Waals surface area contributed by atoms with E-state index >= 15 is 0 Å². The van der Waals surface area contributed by atoms with Gasteiger partial charge in [0.15, 0.2) is 10.7 Å². The fourth-order valence-electron chi connectivity index (χ4n) is 1.97. The Balaban J connectivity index is 2.63. The van der Waals surface area contributed by atoms with Crippen LogP contribution in [0.5, 0.6) is 0 Å². The number of carboxylic acids is 1. The summed E-state index contributed by atoms with van der Waals surface area (Å²) >= 11 is 5.76. The van der Waals surface area contributed by atoms with Gasteiger partial charge < -0.3 is 10.4 Å². The van der Waals surface area contributed by atoms with E-state index in [2.05, 4.69) is 10.3 Å². The third kappa shape index (κ3) is 3.66. The van der Waals surface area contributed by atoms with Gasteiger partial charge in [0.1, 0.15) is 5.69 Å². The average molecular weight is 346 g/mol. The van der Waals surface area contributed by atoms with Gasteiger partial charge in [-0.25, -0.2) is 4.79 Å². The Morgan fingerprint density at radius 1 is 1.25 bits per heavy atom. The van der Waals surface area contributed by atoms with Crippen molar-refractivity contribution >= 4 is 34.6 Å². The summed E-state index contributed by atoms with van der Waals surface area (Å²) in [6, 6.07) is 12.0. The maximum atomic E-state index is 11.3. The monoisotopic (exact) mass is 345 g/mol. The van der Waals surface area contributed by atoms with Crippen molar-refractivity contribution in [3.8, 4) is 0 Å². The number of carboxylic acid groups (broad SMARTS) is 1. The van der Waals surface area contributed by atoms with Gasteiger partial charge in [-0.2, -0.15) is 0 Å². The smallest absolute Gasteiger partial charge is 0.472 e. The molecule has 0 aliphatic rings. The molecule has 2 N–H and O–H groups in total. The summed E-state index contributed by atoms with van der Waals surface area (Å²) in [5.74, 6) is -1.50. The molecule has 0 aliphatic carbocycles. The molecule has 0 aliphatic heterocycles. The van der Waals surface area contributed by atoms with Crippen LogP contribution >= 0.6 is 11.6 Å². The van der Waals surface area contributed by atoms with Gasteiger partial charge in [0.2, 0.25) is 5.39 Å². The highest BCUT2D eigenvalue weighted by Crippen LogP contribution is 2.31. The third-order valence-electron chi connectivity index (χ3n) is 3.02. The SMILES string of the molecule is N#[N+]/C(C(=O)O)=C(\Nc1ccc(Cl)cc1[N+](=O)[O-])c1ccccc1. The maximum absolute atomic E-state index is 11.3. The number of aliphatic carboxylic acids is 1. The van der Waals surface area contributed by atoms with E-state index in [0.29, 0.717) is 5.56 Å². The minimum Gasteiger partial charge on any atom is -0.472 e. The molecule has 2 rings (SSSR count). The van der Waals surface area contributed by atoms with Gasteiger partial charge in [-0.3, -0.25) is 10.1 Å². The summed E-state index contributed by atoms with van der Waals surface area (Å²) in [5, 5.41) is 32.2. The molecule has 0 saturated carbocycles. The zero-order chi connectivity index (χ0) is 17.7. The third-order valence-corrected chi connectivity index (χ3v) is 3.25. The highest BCUT2D eigenvalue weighted by molar-refractivity contribution is 6.31. The molecule has 0 fully saturated rings. The summed E-state index contributed by atoms with van der Waals surface area (Å²) in [6.45, 7) is 0. The molecule has 8 nitrogen and oxygen atoms in total. The molecule has 120 valence electrons. The number of nitro groups is 1. The normalized spacial score (nSPS) is 11.2. The van der Waals surface area contributed by atoms with E-state index in [4.69, 9.17) is 17.0 Å². The van der Waals surface area contributed by atoms with Crippen LogP contribution in [0.2, 0.25) is 5.02 Å². The minimum absolute atomic E-state index is 0.00523. The van der Waals surface area contributed by atoms with Gasteiger partial charge in [-0.05, 0) is 12.1 Å². The molecule has 0 unspecified atom stereocenters. The quantitative estimate of drug-likeness (QED) is 0.366. The van der Waals surface area contributed by atoms with Crippen LogP contribution in [-0.2, 0) is 4.79 Å². The topological polar surface area (TPSA) is 121 Å². The molecule has 0 radical (unpaired) electrons. The van der Waals surface area contributed by atoms with Gasteiger partial charge in [-0.1, -0.05) is 41.9 Å². The first-order chi connectivity index (χ1) is 11.4. The van der Waals surface area contributed by atoms with E-state index in [0.717, 1.165) is 6.07 Å². The van der Waals surface area contributed by atoms with Gasteiger partial charge in [-0.15, -0.1) is 0 Å². The first-order valence-corrected chi connectivity index (χ1v) is 6.91. The Labute approximate surface area is 140 Å². The second-order valence-corrected chi connectivity index (χ2v) is 4.97. The predicted octanol–water partition coefficient (Wildman–Crippen LogP) is 3.97. The van der Waals surface area contributed by atoms with E-state index in [1.165, 1.54) is 12.1 Å². The number of nitro benzene ring substituents is 1. The summed E-state index contributed by atoms with van der Waals surface area (Å²) in [7, 11) is 0. The largest absolute Gasteiger partial charge is 0.492 e. The standard InChI is InChI=1S/C15H9ClN4O4/c16-10-6-7-11(12(8-10)20(23)24)18-13(14(19-17)15(21)22)9-4-2-1-3-5-9/h1-8,18H/p+1/b14-13-. The van der Waals surface area contributed by atoms with E-state index in [1.807, 2.05) is 0 Å². The highest BCUT2D eigenvalue weighted by atomic mass is 35.5. The lowest BCUT2D eigenvalue weighted by atomic mass is 10.1. The second kappa shape index (κ2) is 7.21. The van der Waals surface area contributed by atoms with Crippen molar-refractivity contribution in [2.24, 2.45) is 0 Å². The molecule has 0 spiro atoms. The summed E-state index contributed by atoms with van der Waals surface area (Å²) in [4.78, 5) is 24.6. The highest BCUT2D eigenvalue weighted by Gasteiger charge is 2.30. The Morgan fingerprint density at radius 2 is 1.92 bits per heavy atom. The molecule has 0 saturated heterocycles. The molecule has 9 heteroatoms. The first kappa shape index (κ1) is 16.9. The van der Waals surface area contributed by atoms with Crippen LogP contribution in [0.1, 0.15) is 5.56 Å². The Morgan fingerprint density at radius 3 is 2.46 bits per heavy atom. The van der Waals surface area contributed by atoms with Crippen molar-refractivity contribution in [3.05, 3.63) is 79.9 Å². The van der Waals surface area contributed by atoms with Crippen LogP contribution in [0.15, 0.2) is 54.2 Å². The lowest BCUT2D eigenvalue weighted by molar-refractivity contribution is -0.383. The van der Waals surface area contributed by atoms with Crippen LogP contribution in [-0.4, -0.2) is 16.0 Å². The van der Waals surface area contributed by atoms with Crippen molar-refractivity contribution in [2.45, 2.75) is 0 Å². The first-order valence-electron chi connectivity index (χ1n) is 6.53. The van der Waals surface area contributed by atoms with Crippen molar-refractivity contribution in [2.75, 3.05) is 5.32 Å². The van der Waals surface area contributed by atoms with Gasteiger partial charge >= 0.3 is 11.7 Å². The maximum Gasteiger partial charge on any atom is 0.492 e. The predicted molar refractivity (Wildman–Crippen MR) is 87.8 cm³/mol. The number of nitrogens with zero attached hydrogens (tertiary/aromatic N) is 3. The summed E-state index contributed by atoms with van der Waals surface area (Å²) in [6.07, 6.45) is 0. The second-order valence-electron chi connectivity index (χ2n) is 4.54. The summed E-state index contributed by atoms with van der Waals surface area (Å²) in [5.41, 5.74) is -0.761. The number of diazo groups is 1. The van der Waals surface area contributed by atoms with E-state index < -0.39 is 16.6 Å². The van der Waals surface area contributed by atoms with Gasteiger partial charge in [0, 0.05) is 16.7 Å². The lowest BCUT2D eigenvalue weighted by Gasteiger charge is -2.09. The lowest BCUT2D eigenvalue weighted by Crippen LogP contribution is -2.09. The zero-order valence-electron chi connectivity index (χ0n) is 12.0. The molecular formula is C15H10ClN4O4+. The Hall–Kier alpha value is -3.44. The van der Waals surface area contributed by atoms with Crippen LogP contribution in [0.25, 0.3) is 10.7 Å². The summed E-state index contributed by atoms with van der Waals surface area (Å²) < 4.78 is 0. The van der Waals surface area contributed by atoms with E-state index in [-0.39, 0.29) is 22.1 Å². The minimum atomic E-state index is -1.50. The van der Waals surface area contributed by atoms with E-state index in [9.17, 15) is 20.0 Å². The fourth-order valence-corrected chi connectivity index (χ4v) is 2.14. The molecule has 0 aromatic heterocycles. The number of benzene rings is 2. The van der Waals surface area contributed by atoms with Crippen LogP contribution in [0.4, 0.5) is 11.4 Å². The molecule has 2 aromatic carbocycles. The number of hydrogen-bond acceptors (Lipinski definition) is 5. The number of nitrogens with one attached hydrogen (secondary N) is 1. The molecule has 2 aromatic rings. The Bertz CT molecular complexity index is 875. The molecule has 0 heterocycles. The van der Waals surface area contributed by atoms with Crippen LogP contribution in [0, 0.1) is 15.5 Å².